The molecule has 3 aromatic rings. The molecule has 0 fully saturated rings. The second-order valence-corrected chi connectivity index (χ2v) is 7.84. The Balaban J connectivity index is 1.71. The van der Waals surface area contributed by atoms with Crippen LogP contribution in [0.5, 0.6) is 28.7 Å². The van der Waals surface area contributed by atoms with E-state index in [1.54, 1.807) is 36.4 Å². The third kappa shape index (κ3) is 6.30. The van der Waals surface area contributed by atoms with Gasteiger partial charge in [-0.05, 0) is 54.1 Å². The molecule has 182 valence electrons. The zero-order valence-electron chi connectivity index (χ0n) is 19.5. The van der Waals surface area contributed by atoms with Crippen LogP contribution >= 0.6 is 15.9 Å². The summed E-state index contributed by atoms with van der Waals surface area (Å²) < 4.78 is 27.4. The van der Waals surface area contributed by atoms with Crippen molar-refractivity contribution in [3.05, 3.63) is 75.8 Å². The summed E-state index contributed by atoms with van der Waals surface area (Å²) in [5.74, 6) is 0.639. The number of hydrazone groups is 1. The molecule has 1 N–H and O–H groups in total. The van der Waals surface area contributed by atoms with Crippen molar-refractivity contribution in [2.24, 2.45) is 5.10 Å². The number of halogens is 1. The lowest BCUT2D eigenvalue weighted by Gasteiger charge is -2.13. The predicted molar refractivity (Wildman–Crippen MR) is 133 cm³/mol. The van der Waals surface area contributed by atoms with Crippen LogP contribution in [0, 0.1) is 0 Å². The number of rotatable bonds is 9. The zero-order valence-corrected chi connectivity index (χ0v) is 21.0. The SMILES string of the molecule is COc1cc(/C=N/NC(=O)c2cc(OC)c(OC)c(OC)c2)ccc1OC(=O)c1cccc(Br)c1. The van der Waals surface area contributed by atoms with Crippen molar-refractivity contribution < 1.29 is 33.3 Å². The predicted octanol–water partition coefficient (Wildman–Crippen LogP) is 4.47. The van der Waals surface area contributed by atoms with Gasteiger partial charge in [-0.2, -0.15) is 5.10 Å². The number of benzene rings is 3. The van der Waals surface area contributed by atoms with Crippen LogP contribution in [0.3, 0.4) is 0 Å². The highest BCUT2D eigenvalue weighted by Gasteiger charge is 2.17. The van der Waals surface area contributed by atoms with Gasteiger partial charge in [-0.1, -0.05) is 22.0 Å². The van der Waals surface area contributed by atoms with Gasteiger partial charge < -0.3 is 23.7 Å². The van der Waals surface area contributed by atoms with Crippen molar-refractivity contribution in [1.82, 2.24) is 5.43 Å². The summed E-state index contributed by atoms with van der Waals surface area (Å²) in [6.45, 7) is 0. The first-order valence-corrected chi connectivity index (χ1v) is 11.0. The fourth-order valence-electron chi connectivity index (χ4n) is 3.07. The van der Waals surface area contributed by atoms with Gasteiger partial charge in [0, 0.05) is 10.0 Å². The summed E-state index contributed by atoms with van der Waals surface area (Å²) in [6.07, 6.45) is 1.43. The lowest BCUT2D eigenvalue weighted by atomic mass is 10.1. The summed E-state index contributed by atoms with van der Waals surface area (Å²) in [5.41, 5.74) is 3.71. The number of hydrogen-bond acceptors (Lipinski definition) is 8. The van der Waals surface area contributed by atoms with Crippen LogP contribution in [0.25, 0.3) is 0 Å². The molecule has 0 heterocycles. The maximum atomic E-state index is 12.6. The quantitative estimate of drug-likeness (QED) is 0.184. The highest BCUT2D eigenvalue weighted by Crippen LogP contribution is 2.38. The Morgan fingerprint density at radius 3 is 2.09 bits per heavy atom. The van der Waals surface area contributed by atoms with Gasteiger partial charge in [0.25, 0.3) is 5.91 Å². The smallest absolute Gasteiger partial charge is 0.343 e. The fraction of sp³-hybridized carbons (Fsp3) is 0.160. The number of nitrogens with one attached hydrogen (secondary N) is 1. The Morgan fingerprint density at radius 1 is 0.800 bits per heavy atom. The van der Waals surface area contributed by atoms with Crippen molar-refractivity contribution in [1.29, 1.82) is 0 Å². The molecule has 0 atom stereocenters. The van der Waals surface area contributed by atoms with Crippen LogP contribution in [0.15, 0.2) is 64.2 Å². The number of carbonyl (C=O) groups is 2. The van der Waals surface area contributed by atoms with Crippen LogP contribution in [-0.4, -0.2) is 46.5 Å². The first-order chi connectivity index (χ1) is 16.9. The van der Waals surface area contributed by atoms with Crippen LogP contribution in [0.2, 0.25) is 0 Å². The van der Waals surface area contributed by atoms with Gasteiger partial charge in [0.15, 0.2) is 23.0 Å². The van der Waals surface area contributed by atoms with E-state index in [9.17, 15) is 9.59 Å². The minimum absolute atomic E-state index is 0.246. The van der Waals surface area contributed by atoms with Gasteiger partial charge in [0.1, 0.15) is 0 Å². The molecule has 3 aromatic carbocycles. The van der Waals surface area contributed by atoms with E-state index in [0.29, 0.717) is 34.1 Å². The highest BCUT2D eigenvalue weighted by atomic mass is 79.9. The van der Waals surface area contributed by atoms with Gasteiger partial charge >= 0.3 is 5.97 Å². The maximum absolute atomic E-state index is 12.6. The molecule has 35 heavy (non-hydrogen) atoms. The van der Waals surface area contributed by atoms with Gasteiger partial charge in [-0.15, -0.1) is 0 Å². The number of hydrogen-bond donors (Lipinski definition) is 1. The summed E-state index contributed by atoms with van der Waals surface area (Å²) in [5, 5.41) is 3.99. The minimum Gasteiger partial charge on any atom is -0.493 e. The molecular weight excluding hydrogens is 520 g/mol. The van der Waals surface area contributed by atoms with E-state index in [1.165, 1.54) is 46.8 Å². The van der Waals surface area contributed by atoms with Crippen molar-refractivity contribution in [2.45, 2.75) is 0 Å². The first-order valence-electron chi connectivity index (χ1n) is 10.2. The summed E-state index contributed by atoms with van der Waals surface area (Å²) in [4.78, 5) is 25.0. The maximum Gasteiger partial charge on any atom is 0.343 e. The standard InChI is InChI=1S/C25H23BrN2O7/c1-31-20-10-15(8-9-19(20)35-25(30)16-6-5-7-18(26)11-16)14-27-28-24(29)17-12-21(32-2)23(34-4)22(13-17)33-3/h5-14H,1-4H3,(H,28,29)/b27-14+. The molecule has 0 radical (unpaired) electrons. The van der Waals surface area contributed by atoms with E-state index in [2.05, 4.69) is 26.5 Å². The summed E-state index contributed by atoms with van der Waals surface area (Å²) >= 11 is 3.33. The average molecular weight is 543 g/mol. The van der Waals surface area contributed by atoms with Gasteiger partial charge in [-0.25, -0.2) is 10.2 Å². The molecular formula is C25H23BrN2O7. The van der Waals surface area contributed by atoms with E-state index in [4.69, 9.17) is 23.7 Å². The molecule has 10 heteroatoms. The molecule has 0 unspecified atom stereocenters. The summed E-state index contributed by atoms with van der Waals surface area (Å²) in [7, 11) is 5.86. The fourth-order valence-corrected chi connectivity index (χ4v) is 3.46. The van der Waals surface area contributed by atoms with Crippen molar-refractivity contribution in [3.63, 3.8) is 0 Å². The molecule has 0 aliphatic heterocycles. The molecule has 3 rings (SSSR count). The number of amides is 1. The normalized spacial score (nSPS) is 10.5. The number of esters is 1. The third-order valence-electron chi connectivity index (χ3n) is 4.76. The Bertz CT molecular complexity index is 1240. The Hall–Kier alpha value is -4.05. The van der Waals surface area contributed by atoms with Gasteiger partial charge in [-0.3, -0.25) is 4.79 Å². The van der Waals surface area contributed by atoms with E-state index in [-0.39, 0.29) is 11.3 Å². The molecule has 0 spiro atoms. The third-order valence-corrected chi connectivity index (χ3v) is 5.25. The average Bonchev–Trinajstić information content (AvgIpc) is 2.88. The summed E-state index contributed by atoms with van der Waals surface area (Å²) in [6, 6.07) is 14.8. The highest BCUT2D eigenvalue weighted by molar-refractivity contribution is 9.10. The Morgan fingerprint density at radius 2 is 1.49 bits per heavy atom. The molecule has 0 aliphatic rings. The first kappa shape index (κ1) is 25.6. The van der Waals surface area contributed by atoms with Crippen LogP contribution in [0.1, 0.15) is 26.3 Å². The number of ether oxygens (including phenoxy) is 5. The largest absolute Gasteiger partial charge is 0.493 e. The van der Waals surface area contributed by atoms with Crippen molar-refractivity contribution >= 4 is 34.0 Å². The Labute approximate surface area is 210 Å². The lowest BCUT2D eigenvalue weighted by Crippen LogP contribution is -2.18. The van der Waals surface area contributed by atoms with Gasteiger partial charge in [0.05, 0.1) is 40.2 Å². The zero-order chi connectivity index (χ0) is 25.4. The van der Waals surface area contributed by atoms with E-state index in [0.717, 1.165) is 4.47 Å². The Kier molecular flexibility index (Phi) is 8.69. The van der Waals surface area contributed by atoms with Gasteiger partial charge in [0.2, 0.25) is 5.75 Å². The second kappa shape index (κ2) is 11.9. The van der Waals surface area contributed by atoms with E-state index in [1.807, 2.05) is 6.07 Å². The van der Waals surface area contributed by atoms with Crippen LogP contribution in [-0.2, 0) is 0 Å². The topological polar surface area (TPSA) is 105 Å². The number of nitrogens with zero attached hydrogens (tertiary/aromatic N) is 1. The van der Waals surface area contributed by atoms with Crippen LogP contribution < -0.4 is 29.1 Å². The lowest BCUT2D eigenvalue weighted by molar-refractivity contribution is 0.0729. The molecule has 0 saturated heterocycles. The van der Waals surface area contributed by atoms with Crippen LogP contribution in [0.4, 0.5) is 0 Å². The molecule has 0 saturated carbocycles. The molecule has 1 amide bonds. The molecule has 9 nitrogen and oxygen atoms in total. The monoisotopic (exact) mass is 542 g/mol. The van der Waals surface area contributed by atoms with Crippen molar-refractivity contribution in [3.8, 4) is 28.7 Å². The molecule has 0 aliphatic carbocycles. The number of carbonyl (C=O) groups excluding carboxylic acids is 2. The van der Waals surface area contributed by atoms with E-state index < -0.39 is 11.9 Å². The number of methoxy groups -OCH3 is 4. The molecule has 0 bridgehead atoms. The minimum atomic E-state index is -0.524. The van der Waals surface area contributed by atoms with E-state index >= 15 is 0 Å². The molecule has 0 aromatic heterocycles. The van der Waals surface area contributed by atoms with Crippen molar-refractivity contribution in [2.75, 3.05) is 28.4 Å². The second-order valence-electron chi connectivity index (χ2n) is 6.92.